The number of benzene rings is 2. The van der Waals surface area contributed by atoms with Gasteiger partial charge in [-0.3, -0.25) is 9.59 Å². The summed E-state index contributed by atoms with van der Waals surface area (Å²) in [5.74, 6) is 0.686. The smallest absolute Gasteiger partial charge is 0.220 e. The van der Waals surface area contributed by atoms with Crippen LogP contribution in [0.5, 0.6) is 0 Å². The molecule has 1 aliphatic rings. The quantitative estimate of drug-likeness (QED) is 0.188. The van der Waals surface area contributed by atoms with E-state index in [0.717, 1.165) is 41.5 Å². The van der Waals surface area contributed by atoms with Crippen LogP contribution in [0.15, 0.2) is 53.7 Å². The number of nitrogens with zero attached hydrogens (tertiary/aromatic N) is 4. The molecule has 3 N–H and O–H groups in total. The molecule has 0 bridgehead atoms. The molecule has 3 aromatic rings. The minimum absolute atomic E-state index is 0.00910. The van der Waals surface area contributed by atoms with Crippen LogP contribution >= 0.6 is 11.8 Å². The van der Waals surface area contributed by atoms with Gasteiger partial charge in [0.05, 0.1) is 18.8 Å². The SMILES string of the molecule is CC(=O)NCCCCCC(=O)NCc1ccc([C@@H]2O[C@H](CSc3nnnn3C)[C@H](C)[C@H](c3ccc(CO)cc3)O2)cc1. The number of aliphatic hydroxyl groups is 1. The van der Waals surface area contributed by atoms with Crippen LogP contribution < -0.4 is 10.6 Å². The van der Waals surface area contributed by atoms with Gasteiger partial charge in [-0.25, -0.2) is 4.68 Å². The highest BCUT2D eigenvalue weighted by Gasteiger charge is 2.38. The average molecular weight is 597 g/mol. The van der Waals surface area contributed by atoms with Crippen molar-refractivity contribution in [2.45, 2.75) is 76.3 Å². The maximum atomic E-state index is 12.3. The maximum absolute atomic E-state index is 12.3. The molecule has 1 fully saturated rings. The summed E-state index contributed by atoms with van der Waals surface area (Å²) in [6.07, 6.45) is 2.09. The van der Waals surface area contributed by atoms with E-state index in [1.807, 2.05) is 55.6 Å². The second kappa shape index (κ2) is 15.8. The van der Waals surface area contributed by atoms with E-state index in [0.29, 0.717) is 30.4 Å². The standard InChI is InChI=1S/C30H40N6O5S/c1-20-26(19-42-30-33-34-35-36(30)3)40-29(41-28(20)24-12-10-23(18-37)11-13-24)25-14-8-22(9-15-25)17-32-27(39)7-5-4-6-16-31-21(2)38/h8-15,20,26,28-29,37H,4-7,16-19H2,1-3H3,(H,31,38)(H,32,39)/t20-,26+,28+,29+/m0/s1. The summed E-state index contributed by atoms with van der Waals surface area (Å²) >= 11 is 1.54. The number of aromatic nitrogens is 4. The van der Waals surface area contributed by atoms with Crippen molar-refractivity contribution in [3.8, 4) is 0 Å². The zero-order chi connectivity index (χ0) is 29.9. The van der Waals surface area contributed by atoms with Gasteiger partial charge in [0.2, 0.25) is 17.0 Å². The largest absolute Gasteiger partial charge is 0.392 e. The number of unbranched alkanes of at least 4 members (excludes halogenated alkanes) is 2. The third-order valence-electron chi connectivity index (χ3n) is 7.28. The number of tetrazole rings is 1. The van der Waals surface area contributed by atoms with Crippen LogP contribution in [0.4, 0.5) is 0 Å². The molecule has 226 valence electrons. The van der Waals surface area contributed by atoms with E-state index in [1.54, 1.807) is 16.4 Å². The van der Waals surface area contributed by atoms with Crippen LogP contribution in [-0.2, 0) is 39.3 Å². The Labute approximate surface area is 250 Å². The average Bonchev–Trinajstić information content (AvgIpc) is 3.41. The van der Waals surface area contributed by atoms with Crippen molar-refractivity contribution in [2.75, 3.05) is 12.3 Å². The van der Waals surface area contributed by atoms with Gasteiger partial charge in [0, 0.05) is 50.7 Å². The van der Waals surface area contributed by atoms with E-state index < -0.39 is 6.29 Å². The molecule has 2 heterocycles. The topological polar surface area (TPSA) is 140 Å². The normalized spacial score (nSPS) is 20.3. The van der Waals surface area contributed by atoms with Gasteiger partial charge in [-0.05, 0) is 40.0 Å². The van der Waals surface area contributed by atoms with Gasteiger partial charge in [-0.1, -0.05) is 73.6 Å². The fourth-order valence-electron chi connectivity index (χ4n) is 4.74. The van der Waals surface area contributed by atoms with Crippen LogP contribution in [0.1, 0.15) is 74.2 Å². The summed E-state index contributed by atoms with van der Waals surface area (Å²) in [6.45, 7) is 4.70. The van der Waals surface area contributed by atoms with E-state index in [-0.39, 0.29) is 36.5 Å². The molecule has 12 heteroatoms. The first-order valence-corrected chi connectivity index (χ1v) is 15.3. The van der Waals surface area contributed by atoms with E-state index in [9.17, 15) is 14.7 Å². The Kier molecular flexibility index (Phi) is 11.9. The Balaban J connectivity index is 1.36. The highest BCUT2D eigenvalue weighted by atomic mass is 32.2. The van der Waals surface area contributed by atoms with Crippen molar-refractivity contribution < 1.29 is 24.2 Å². The molecule has 0 spiro atoms. The van der Waals surface area contributed by atoms with Gasteiger partial charge in [-0.15, -0.1) is 5.10 Å². The van der Waals surface area contributed by atoms with Crippen LogP contribution in [-0.4, -0.2) is 55.5 Å². The number of hydrogen-bond donors (Lipinski definition) is 3. The number of aliphatic hydroxyl groups excluding tert-OH is 1. The molecule has 42 heavy (non-hydrogen) atoms. The number of ether oxygens (including phenoxy) is 2. The van der Waals surface area contributed by atoms with Gasteiger partial charge in [-0.2, -0.15) is 0 Å². The number of nitrogens with one attached hydrogen (secondary N) is 2. The molecule has 0 saturated carbocycles. The molecular formula is C30H40N6O5S. The molecule has 1 aromatic heterocycles. The van der Waals surface area contributed by atoms with Gasteiger partial charge in [0.1, 0.15) is 0 Å². The first-order chi connectivity index (χ1) is 20.3. The number of rotatable bonds is 14. The Morgan fingerprint density at radius 3 is 2.36 bits per heavy atom. The molecule has 0 unspecified atom stereocenters. The summed E-state index contributed by atoms with van der Waals surface area (Å²) in [7, 11) is 1.81. The van der Waals surface area contributed by atoms with Crippen molar-refractivity contribution in [2.24, 2.45) is 13.0 Å². The Bertz CT molecular complexity index is 1290. The zero-order valence-electron chi connectivity index (χ0n) is 24.4. The maximum Gasteiger partial charge on any atom is 0.220 e. The number of amides is 2. The highest BCUT2D eigenvalue weighted by Crippen LogP contribution is 2.42. The minimum atomic E-state index is -0.576. The summed E-state index contributed by atoms with van der Waals surface area (Å²) in [4.78, 5) is 23.2. The van der Waals surface area contributed by atoms with Crippen molar-refractivity contribution >= 4 is 23.6 Å². The lowest BCUT2D eigenvalue weighted by molar-refractivity contribution is -0.268. The third-order valence-corrected chi connectivity index (χ3v) is 8.38. The molecule has 2 aromatic carbocycles. The molecule has 2 amide bonds. The van der Waals surface area contributed by atoms with E-state index in [2.05, 4.69) is 33.1 Å². The van der Waals surface area contributed by atoms with Gasteiger partial charge in [0.25, 0.3) is 0 Å². The predicted octanol–water partition coefficient (Wildman–Crippen LogP) is 3.60. The first-order valence-electron chi connectivity index (χ1n) is 14.3. The van der Waals surface area contributed by atoms with Crippen molar-refractivity contribution in [3.63, 3.8) is 0 Å². The molecule has 4 rings (SSSR count). The predicted molar refractivity (Wildman–Crippen MR) is 158 cm³/mol. The Morgan fingerprint density at radius 1 is 0.976 bits per heavy atom. The van der Waals surface area contributed by atoms with E-state index in [4.69, 9.17) is 9.47 Å². The first kappa shape index (κ1) is 31.6. The lowest BCUT2D eigenvalue weighted by Crippen LogP contribution is -2.38. The van der Waals surface area contributed by atoms with Gasteiger partial charge >= 0.3 is 0 Å². The minimum Gasteiger partial charge on any atom is -0.392 e. The molecule has 0 aliphatic carbocycles. The number of thioether (sulfide) groups is 1. The van der Waals surface area contributed by atoms with Gasteiger partial charge in [0.15, 0.2) is 6.29 Å². The monoisotopic (exact) mass is 596 g/mol. The molecule has 1 saturated heterocycles. The second-order valence-electron chi connectivity index (χ2n) is 10.5. The molecule has 0 radical (unpaired) electrons. The summed E-state index contributed by atoms with van der Waals surface area (Å²) in [5, 5.41) is 27.7. The summed E-state index contributed by atoms with van der Waals surface area (Å²) in [5.41, 5.74) is 3.75. The van der Waals surface area contributed by atoms with E-state index >= 15 is 0 Å². The molecule has 1 aliphatic heterocycles. The number of hydrogen-bond acceptors (Lipinski definition) is 9. The highest BCUT2D eigenvalue weighted by molar-refractivity contribution is 7.99. The summed E-state index contributed by atoms with van der Waals surface area (Å²) < 4.78 is 14.7. The molecular weight excluding hydrogens is 556 g/mol. The third kappa shape index (κ3) is 9.09. The zero-order valence-corrected chi connectivity index (χ0v) is 25.2. The second-order valence-corrected chi connectivity index (χ2v) is 11.5. The Hall–Kier alpha value is -3.32. The molecule has 4 atom stereocenters. The van der Waals surface area contributed by atoms with Gasteiger partial charge < -0.3 is 25.2 Å². The number of carbonyl (C=O) groups excluding carboxylic acids is 2. The fraction of sp³-hybridized carbons (Fsp3) is 0.500. The van der Waals surface area contributed by atoms with Crippen molar-refractivity contribution in [1.29, 1.82) is 0 Å². The van der Waals surface area contributed by atoms with Crippen molar-refractivity contribution in [3.05, 3.63) is 70.8 Å². The number of aryl methyl sites for hydroxylation is 1. The van der Waals surface area contributed by atoms with Crippen LogP contribution in [0.2, 0.25) is 0 Å². The van der Waals surface area contributed by atoms with Crippen LogP contribution in [0.25, 0.3) is 0 Å². The Morgan fingerprint density at radius 2 is 1.69 bits per heavy atom. The fourth-order valence-corrected chi connectivity index (χ4v) is 5.76. The lowest BCUT2D eigenvalue weighted by atomic mass is 9.91. The van der Waals surface area contributed by atoms with Crippen LogP contribution in [0, 0.1) is 5.92 Å². The summed E-state index contributed by atoms with van der Waals surface area (Å²) in [6, 6.07) is 15.8. The molecule has 11 nitrogen and oxygen atoms in total. The van der Waals surface area contributed by atoms with E-state index in [1.165, 1.54) is 6.92 Å². The number of carbonyl (C=O) groups is 2. The lowest BCUT2D eigenvalue weighted by Gasteiger charge is -2.41. The van der Waals surface area contributed by atoms with Crippen LogP contribution in [0.3, 0.4) is 0 Å². The van der Waals surface area contributed by atoms with Crippen molar-refractivity contribution in [1.82, 2.24) is 30.8 Å².